The molecule has 0 atom stereocenters. The molecule has 0 aromatic rings. The van der Waals surface area contributed by atoms with E-state index >= 15 is 0 Å². The Morgan fingerprint density at radius 1 is 0.643 bits per heavy atom. The highest BCUT2D eigenvalue weighted by Gasteiger charge is 1.88. The summed E-state index contributed by atoms with van der Waals surface area (Å²) >= 11 is 0. The van der Waals surface area contributed by atoms with Gasteiger partial charge in [0.15, 0.2) is 0 Å². The van der Waals surface area contributed by atoms with E-state index in [1.54, 1.807) is 0 Å². The zero-order valence-electron chi connectivity index (χ0n) is 16.8. The van der Waals surface area contributed by atoms with E-state index in [4.69, 9.17) is 31.9 Å². The van der Waals surface area contributed by atoms with Crippen molar-refractivity contribution in [2.24, 2.45) is 11.5 Å². The van der Waals surface area contributed by atoms with Crippen molar-refractivity contribution >= 4 is 11.9 Å². The summed E-state index contributed by atoms with van der Waals surface area (Å²) in [7, 11) is 0. The summed E-state index contributed by atoms with van der Waals surface area (Å²) < 4.78 is 0. The molecule has 0 aromatic heterocycles. The molecule has 0 amide bonds. The monoisotopic (exact) mass is 408 g/mol. The molecule has 10 N–H and O–H groups in total. The molecular weight excluding hydrogens is 368 g/mol. The van der Waals surface area contributed by atoms with E-state index in [1.165, 1.54) is 0 Å². The lowest BCUT2D eigenvalue weighted by Gasteiger charge is -2.00. The number of aliphatic carboxylic acids is 2. The second-order valence-corrected chi connectivity index (χ2v) is 5.66. The smallest absolute Gasteiger partial charge is 0.328 e. The topological polar surface area (TPSA) is 191 Å². The Kier molecular flexibility index (Phi) is 33.6. The molecular formula is C18H40N4O6. The van der Waals surface area contributed by atoms with E-state index in [9.17, 15) is 9.59 Å². The van der Waals surface area contributed by atoms with Gasteiger partial charge in [-0.25, -0.2) is 9.59 Å². The zero-order chi connectivity index (χ0) is 21.9. The predicted molar refractivity (Wildman–Crippen MR) is 110 cm³/mol. The first kappa shape index (κ1) is 31.1. The van der Waals surface area contributed by atoms with Crippen LogP contribution in [0.4, 0.5) is 0 Å². The summed E-state index contributed by atoms with van der Waals surface area (Å²) in [6, 6.07) is 0. The van der Waals surface area contributed by atoms with Crippen molar-refractivity contribution in [2.75, 3.05) is 52.5 Å². The molecule has 0 aromatic carbocycles. The van der Waals surface area contributed by atoms with Crippen LogP contribution in [0.25, 0.3) is 0 Å². The molecule has 0 saturated carbocycles. The third kappa shape index (κ3) is 44.1. The van der Waals surface area contributed by atoms with Crippen LogP contribution in [0.2, 0.25) is 0 Å². The van der Waals surface area contributed by atoms with Gasteiger partial charge in [0.1, 0.15) is 0 Å². The van der Waals surface area contributed by atoms with Gasteiger partial charge >= 0.3 is 11.9 Å². The average molecular weight is 409 g/mol. The lowest BCUT2D eigenvalue weighted by Crippen LogP contribution is -2.18. The fourth-order valence-corrected chi connectivity index (χ4v) is 1.59. The second kappa shape index (κ2) is 30.2. The molecule has 0 radical (unpaired) electrons. The number of carboxylic acids is 2. The van der Waals surface area contributed by atoms with Gasteiger partial charge in [-0.2, -0.15) is 0 Å². The summed E-state index contributed by atoms with van der Waals surface area (Å²) in [5, 5.41) is 38.9. The van der Waals surface area contributed by atoms with Crippen LogP contribution in [0.3, 0.4) is 0 Å². The first-order valence-corrected chi connectivity index (χ1v) is 9.63. The first-order valence-electron chi connectivity index (χ1n) is 9.63. The van der Waals surface area contributed by atoms with Gasteiger partial charge in [-0.1, -0.05) is 0 Å². The molecule has 0 fully saturated rings. The van der Waals surface area contributed by atoms with Crippen LogP contribution in [0.1, 0.15) is 38.5 Å². The lowest BCUT2D eigenvalue weighted by atomic mass is 10.3. The van der Waals surface area contributed by atoms with E-state index in [0.29, 0.717) is 12.2 Å². The number of nitrogens with one attached hydrogen (secondary N) is 2. The third-order valence-corrected chi connectivity index (χ3v) is 3.01. The van der Waals surface area contributed by atoms with Crippen LogP contribution < -0.4 is 22.1 Å². The van der Waals surface area contributed by atoms with Gasteiger partial charge in [-0.3, -0.25) is 0 Å². The van der Waals surface area contributed by atoms with Crippen molar-refractivity contribution in [3.63, 3.8) is 0 Å². The number of unbranched alkanes of at least 4 members (excludes halogenated alkanes) is 2. The molecule has 0 heterocycles. The van der Waals surface area contributed by atoms with Gasteiger partial charge < -0.3 is 42.5 Å². The third-order valence-electron chi connectivity index (χ3n) is 3.01. The molecule has 0 unspecified atom stereocenters. The van der Waals surface area contributed by atoms with Gasteiger partial charge in [0.25, 0.3) is 0 Å². The Morgan fingerprint density at radius 3 is 1.21 bits per heavy atom. The zero-order valence-corrected chi connectivity index (χ0v) is 16.8. The van der Waals surface area contributed by atoms with Crippen LogP contribution in [-0.4, -0.2) is 84.8 Å². The number of carboxylic acid groups (broad SMARTS) is 2. The van der Waals surface area contributed by atoms with E-state index in [-0.39, 0.29) is 13.2 Å². The first-order chi connectivity index (χ1) is 13.5. The van der Waals surface area contributed by atoms with Crippen molar-refractivity contribution < 1.29 is 30.0 Å². The molecule has 28 heavy (non-hydrogen) atoms. The van der Waals surface area contributed by atoms with Gasteiger partial charge in [0.05, 0.1) is 0 Å². The molecule has 10 heteroatoms. The molecule has 0 rings (SSSR count). The molecule has 0 spiro atoms. The maximum atomic E-state index is 9.55. The fraction of sp³-hybridized carbons (Fsp3) is 0.778. The average Bonchev–Trinajstić information content (AvgIpc) is 2.67. The highest BCUT2D eigenvalue weighted by molar-refractivity contribution is 5.89. The number of nitrogens with two attached hydrogens (primary N) is 2. The molecule has 0 aliphatic rings. The van der Waals surface area contributed by atoms with Gasteiger partial charge in [-0.05, 0) is 77.8 Å². The summed E-state index contributed by atoms with van der Waals surface area (Å²) in [6.07, 6.45) is 7.28. The van der Waals surface area contributed by atoms with Crippen LogP contribution in [0, 0.1) is 0 Å². The maximum absolute atomic E-state index is 9.55. The van der Waals surface area contributed by atoms with E-state index < -0.39 is 11.9 Å². The van der Waals surface area contributed by atoms with Gasteiger partial charge in [-0.15, -0.1) is 0 Å². The Hall–Kier alpha value is -1.56. The number of aliphatic hydroxyl groups is 2. The van der Waals surface area contributed by atoms with E-state index in [1.807, 2.05) is 0 Å². The standard InChI is InChI=1S/2C7H18N2O.C4H4O4/c2*8-4-1-2-5-9-6-3-7-10;5-3(6)1-2-4(7)8/h2*9-10H,1-8H2;1-2H,(H,5,6)(H,7,8)/b;;2-1+. The molecule has 0 aliphatic heterocycles. The minimum atomic E-state index is -1.26. The van der Waals surface area contributed by atoms with E-state index in [2.05, 4.69) is 10.6 Å². The van der Waals surface area contributed by atoms with Gasteiger partial charge in [0, 0.05) is 25.4 Å². The quantitative estimate of drug-likeness (QED) is 0.117. The number of carbonyl (C=O) groups is 2. The lowest BCUT2D eigenvalue weighted by molar-refractivity contribution is -0.134. The van der Waals surface area contributed by atoms with Crippen molar-refractivity contribution in [3.8, 4) is 0 Å². The van der Waals surface area contributed by atoms with Crippen LogP contribution in [0.5, 0.6) is 0 Å². The minimum absolute atomic E-state index is 0.282. The largest absolute Gasteiger partial charge is 0.478 e. The highest BCUT2D eigenvalue weighted by atomic mass is 16.4. The van der Waals surface area contributed by atoms with Crippen LogP contribution in [0.15, 0.2) is 12.2 Å². The van der Waals surface area contributed by atoms with Crippen molar-refractivity contribution in [2.45, 2.75) is 38.5 Å². The summed E-state index contributed by atoms with van der Waals surface area (Å²) in [5.74, 6) is -2.51. The molecule has 10 nitrogen and oxygen atoms in total. The van der Waals surface area contributed by atoms with Crippen LogP contribution in [-0.2, 0) is 9.59 Å². The van der Waals surface area contributed by atoms with Crippen molar-refractivity contribution in [3.05, 3.63) is 12.2 Å². The molecule has 0 bridgehead atoms. The maximum Gasteiger partial charge on any atom is 0.328 e. The Balaban J connectivity index is -0.000000337. The Morgan fingerprint density at radius 2 is 0.964 bits per heavy atom. The summed E-state index contributed by atoms with van der Waals surface area (Å²) in [5.41, 5.74) is 10.6. The normalized spacial score (nSPS) is 10.0. The van der Waals surface area contributed by atoms with Crippen molar-refractivity contribution in [1.29, 1.82) is 0 Å². The number of hydrogen-bond acceptors (Lipinski definition) is 8. The van der Waals surface area contributed by atoms with Crippen molar-refractivity contribution in [1.82, 2.24) is 10.6 Å². The summed E-state index contributed by atoms with van der Waals surface area (Å²) in [6.45, 7) is 6.01. The summed E-state index contributed by atoms with van der Waals surface area (Å²) in [4.78, 5) is 19.1. The number of aliphatic hydroxyl groups excluding tert-OH is 2. The molecule has 0 aliphatic carbocycles. The number of rotatable bonds is 16. The Labute approximate surface area is 168 Å². The second-order valence-electron chi connectivity index (χ2n) is 5.66. The Bertz CT molecular complexity index is 309. The fourth-order valence-electron chi connectivity index (χ4n) is 1.59. The highest BCUT2D eigenvalue weighted by Crippen LogP contribution is 1.83. The van der Waals surface area contributed by atoms with Crippen LogP contribution >= 0.6 is 0 Å². The molecule has 0 saturated heterocycles. The molecule has 168 valence electrons. The van der Waals surface area contributed by atoms with E-state index in [0.717, 1.165) is 77.8 Å². The minimum Gasteiger partial charge on any atom is -0.478 e. The predicted octanol–water partition coefficient (Wildman–Crippen LogP) is -0.894. The van der Waals surface area contributed by atoms with Gasteiger partial charge in [0.2, 0.25) is 0 Å². The SMILES string of the molecule is NCCCCNCCCO.NCCCCNCCCO.O=C(O)/C=C/C(=O)O. The number of hydrogen-bond donors (Lipinski definition) is 8.